The van der Waals surface area contributed by atoms with E-state index in [-0.39, 0.29) is 0 Å². The van der Waals surface area contributed by atoms with Crippen LogP contribution in [0.4, 0.5) is 0 Å². The van der Waals surface area contributed by atoms with Crippen molar-refractivity contribution in [2.24, 2.45) is 11.8 Å². The predicted molar refractivity (Wildman–Crippen MR) is 136 cm³/mol. The molecule has 0 saturated heterocycles. The molecule has 0 aliphatic heterocycles. The summed E-state index contributed by atoms with van der Waals surface area (Å²) in [6.45, 7) is 9.35. The van der Waals surface area contributed by atoms with E-state index in [4.69, 9.17) is 0 Å². The largest absolute Gasteiger partial charge is 0.0654 e. The first-order valence-electron chi connectivity index (χ1n) is 14.3. The molecule has 0 spiro atoms. The molecule has 0 aromatic heterocycles. The molecule has 0 fully saturated rings. The number of hydrogen-bond acceptors (Lipinski definition) is 0. The molecule has 0 amide bonds. The van der Waals surface area contributed by atoms with E-state index < -0.39 is 0 Å². The molecule has 0 saturated carbocycles. The van der Waals surface area contributed by atoms with Crippen LogP contribution in [-0.4, -0.2) is 0 Å². The van der Waals surface area contributed by atoms with Crippen LogP contribution in [0.15, 0.2) is 0 Å². The van der Waals surface area contributed by atoms with Crippen LogP contribution in [0.1, 0.15) is 175 Å². The molecular weight excluding hydrogens is 348 g/mol. The van der Waals surface area contributed by atoms with Crippen LogP contribution in [0, 0.1) is 11.8 Å². The maximum atomic E-state index is 2.34. The summed E-state index contributed by atoms with van der Waals surface area (Å²) < 4.78 is 0. The van der Waals surface area contributed by atoms with Gasteiger partial charge in [-0.1, -0.05) is 169 Å². The minimum absolute atomic E-state index is 1.03. The fourth-order valence-corrected chi connectivity index (χ4v) is 5.02. The van der Waals surface area contributed by atoms with Crippen molar-refractivity contribution < 1.29 is 0 Å². The first kappa shape index (κ1) is 29.0. The van der Waals surface area contributed by atoms with Crippen molar-refractivity contribution in [2.75, 3.05) is 0 Å². The first-order chi connectivity index (χ1) is 14.3. The third-order valence-electron chi connectivity index (χ3n) is 7.03. The highest BCUT2D eigenvalue weighted by Gasteiger charge is 2.16. The fraction of sp³-hybridized carbons (Fsp3) is 1.00. The Hall–Kier alpha value is 0. The molecule has 0 nitrogen and oxygen atoms in total. The predicted octanol–water partition coefficient (Wildman–Crippen LogP) is 11.3. The second kappa shape index (κ2) is 24.3. The number of hydrogen-bond donors (Lipinski definition) is 0. The van der Waals surface area contributed by atoms with E-state index in [9.17, 15) is 0 Å². The maximum Gasteiger partial charge on any atom is -0.0412 e. The van der Waals surface area contributed by atoms with E-state index in [1.807, 2.05) is 0 Å². The van der Waals surface area contributed by atoms with Gasteiger partial charge in [0.05, 0.1) is 0 Å². The lowest BCUT2D eigenvalue weighted by Gasteiger charge is -2.24. The summed E-state index contributed by atoms with van der Waals surface area (Å²) in [6, 6.07) is 0. The lowest BCUT2D eigenvalue weighted by molar-refractivity contribution is 0.282. The van der Waals surface area contributed by atoms with Crippen LogP contribution >= 0.6 is 0 Å². The van der Waals surface area contributed by atoms with Gasteiger partial charge in [0.25, 0.3) is 0 Å². The van der Waals surface area contributed by atoms with Gasteiger partial charge in [0.2, 0.25) is 0 Å². The van der Waals surface area contributed by atoms with E-state index in [0.29, 0.717) is 0 Å². The summed E-state index contributed by atoms with van der Waals surface area (Å²) in [4.78, 5) is 0. The Bertz CT molecular complexity index is 254. The third kappa shape index (κ3) is 21.0. The Kier molecular flexibility index (Phi) is 24.3. The Morgan fingerprint density at radius 3 is 0.828 bits per heavy atom. The van der Waals surface area contributed by atoms with Crippen LogP contribution in [0.2, 0.25) is 0 Å². The number of unbranched alkanes of at least 4 members (excludes halogenated alkanes) is 14. The Morgan fingerprint density at radius 1 is 0.310 bits per heavy atom. The van der Waals surface area contributed by atoms with Gasteiger partial charge >= 0.3 is 0 Å². The lowest BCUT2D eigenvalue weighted by atomic mass is 9.82. The van der Waals surface area contributed by atoms with Crippen molar-refractivity contribution in [3.63, 3.8) is 0 Å². The van der Waals surface area contributed by atoms with Crippen LogP contribution in [-0.2, 0) is 0 Å². The van der Waals surface area contributed by atoms with Crippen molar-refractivity contribution in [2.45, 2.75) is 175 Å². The molecule has 0 aromatic carbocycles. The molecule has 0 rings (SSSR count). The molecule has 0 bridgehead atoms. The second-order valence-electron chi connectivity index (χ2n) is 10.1. The standard InChI is InChI=1S/C29H60/c1-5-9-13-17-21-25-28(23-19-15-11-7-3)27-29(24-20-16-12-8-4)26-22-18-14-10-6-2/h28-29H,5-27H2,1-4H3. The van der Waals surface area contributed by atoms with E-state index >= 15 is 0 Å². The molecule has 176 valence electrons. The summed E-state index contributed by atoms with van der Waals surface area (Å²) in [5.41, 5.74) is 0. The van der Waals surface area contributed by atoms with Gasteiger partial charge in [-0.05, 0) is 18.3 Å². The van der Waals surface area contributed by atoms with E-state index in [1.165, 1.54) is 141 Å². The van der Waals surface area contributed by atoms with Crippen LogP contribution in [0.3, 0.4) is 0 Å². The van der Waals surface area contributed by atoms with Crippen molar-refractivity contribution in [1.82, 2.24) is 0 Å². The monoisotopic (exact) mass is 408 g/mol. The molecule has 0 aromatic rings. The van der Waals surface area contributed by atoms with Crippen LogP contribution < -0.4 is 0 Å². The third-order valence-corrected chi connectivity index (χ3v) is 7.03. The topological polar surface area (TPSA) is 0 Å². The van der Waals surface area contributed by atoms with Crippen molar-refractivity contribution in [1.29, 1.82) is 0 Å². The summed E-state index contributed by atoms with van der Waals surface area (Å²) >= 11 is 0. The van der Waals surface area contributed by atoms with Gasteiger partial charge in [-0.2, -0.15) is 0 Å². The molecular formula is C29H60. The normalized spacial score (nSPS) is 13.7. The average molecular weight is 409 g/mol. The zero-order chi connectivity index (χ0) is 21.4. The van der Waals surface area contributed by atoms with Gasteiger partial charge in [-0.3, -0.25) is 0 Å². The van der Waals surface area contributed by atoms with Gasteiger partial charge < -0.3 is 0 Å². The highest BCUT2D eigenvalue weighted by Crippen LogP contribution is 2.31. The molecule has 0 heterocycles. The Labute approximate surface area is 187 Å². The van der Waals surface area contributed by atoms with Crippen molar-refractivity contribution in [3.8, 4) is 0 Å². The molecule has 0 aliphatic carbocycles. The van der Waals surface area contributed by atoms with Crippen LogP contribution in [0.25, 0.3) is 0 Å². The average Bonchev–Trinajstić information content (AvgIpc) is 2.73. The Balaban J connectivity index is 4.46. The summed E-state index contributed by atoms with van der Waals surface area (Å²) in [6.07, 6.45) is 33.8. The number of rotatable bonds is 24. The SMILES string of the molecule is CCCCCCCC(CCCCCC)CC(CCCCCC)CCCCCCC. The summed E-state index contributed by atoms with van der Waals surface area (Å²) in [5.74, 6) is 2.06. The van der Waals surface area contributed by atoms with E-state index in [1.54, 1.807) is 6.42 Å². The molecule has 0 radical (unpaired) electrons. The highest BCUT2D eigenvalue weighted by atomic mass is 14.2. The van der Waals surface area contributed by atoms with Crippen LogP contribution in [0.5, 0.6) is 0 Å². The molecule has 2 atom stereocenters. The van der Waals surface area contributed by atoms with Crippen molar-refractivity contribution in [3.05, 3.63) is 0 Å². The van der Waals surface area contributed by atoms with Gasteiger partial charge in [0, 0.05) is 0 Å². The Morgan fingerprint density at radius 2 is 0.552 bits per heavy atom. The minimum Gasteiger partial charge on any atom is -0.0654 e. The smallest absolute Gasteiger partial charge is 0.0412 e. The zero-order valence-electron chi connectivity index (χ0n) is 21.4. The minimum atomic E-state index is 1.03. The van der Waals surface area contributed by atoms with Gasteiger partial charge in [-0.15, -0.1) is 0 Å². The maximum absolute atomic E-state index is 2.34. The van der Waals surface area contributed by atoms with E-state index in [0.717, 1.165) is 11.8 Å². The summed E-state index contributed by atoms with van der Waals surface area (Å²) in [5, 5.41) is 0. The molecule has 2 unspecified atom stereocenters. The van der Waals surface area contributed by atoms with Crippen molar-refractivity contribution >= 4 is 0 Å². The molecule has 0 N–H and O–H groups in total. The summed E-state index contributed by atoms with van der Waals surface area (Å²) in [7, 11) is 0. The lowest BCUT2D eigenvalue weighted by Crippen LogP contribution is -2.10. The molecule has 29 heavy (non-hydrogen) atoms. The van der Waals surface area contributed by atoms with Gasteiger partial charge in [-0.25, -0.2) is 0 Å². The fourth-order valence-electron chi connectivity index (χ4n) is 5.02. The molecule has 0 heteroatoms. The molecule has 0 aliphatic rings. The zero-order valence-corrected chi connectivity index (χ0v) is 21.4. The van der Waals surface area contributed by atoms with Gasteiger partial charge in [0.15, 0.2) is 0 Å². The van der Waals surface area contributed by atoms with Gasteiger partial charge in [0.1, 0.15) is 0 Å². The second-order valence-corrected chi connectivity index (χ2v) is 10.1. The quantitative estimate of drug-likeness (QED) is 0.139. The highest BCUT2D eigenvalue weighted by molar-refractivity contribution is 4.69. The first-order valence-corrected chi connectivity index (χ1v) is 14.3. The van der Waals surface area contributed by atoms with E-state index in [2.05, 4.69) is 27.7 Å².